The van der Waals surface area contributed by atoms with Crippen LogP contribution < -0.4 is 14.8 Å². The number of benzene rings is 1. The van der Waals surface area contributed by atoms with E-state index in [1.54, 1.807) is 6.20 Å². The molecule has 0 amide bonds. The average Bonchev–Trinajstić information content (AvgIpc) is 3.08. The second kappa shape index (κ2) is 7.47. The molecule has 3 rings (SSSR count). The van der Waals surface area contributed by atoms with Crippen molar-refractivity contribution in [1.29, 1.82) is 0 Å². The number of ether oxygens (including phenoxy) is 2. The number of aromatic nitrogens is 1. The van der Waals surface area contributed by atoms with Gasteiger partial charge in [-0.1, -0.05) is 30.3 Å². The molecule has 1 aromatic heterocycles. The van der Waals surface area contributed by atoms with E-state index in [9.17, 15) is 0 Å². The Labute approximate surface area is 137 Å². The van der Waals surface area contributed by atoms with Gasteiger partial charge in [-0.3, -0.25) is 0 Å². The first-order chi connectivity index (χ1) is 11.2. The summed E-state index contributed by atoms with van der Waals surface area (Å²) < 4.78 is 12.2. The molecule has 1 saturated heterocycles. The maximum Gasteiger partial charge on any atom is 0.257 e. The van der Waals surface area contributed by atoms with Crippen LogP contribution in [0.4, 0.5) is 0 Å². The summed E-state index contributed by atoms with van der Waals surface area (Å²) in [6.45, 7) is 6.00. The van der Waals surface area contributed by atoms with E-state index in [0.717, 1.165) is 19.5 Å². The maximum absolute atomic E-state index is 6.39. The largest absolute Gasteiger partial charge is 0.480 e. The van der Waals surface area contributed by atoms with Gasteiger partial charge in [0.25, 0.3) is 5.88 Å². The Hall–Kier alpha value is -2.07. The van der Waals surface area contributed by atoms with E-state index in [2.05, 4.69) is 34.6 Å². The Bertz CT molecular complexity index is 610. The van der Waals surface area contributed by atoms with Gasteiger partial charge in [0.2, 0.25) is 0 Å². The van der Waals surface area contributed by atoms with Gasteiger partial charge in [0.1, 0.15) is 6.10 Å². The van der Waals surface area contributed by atoms with Gasteiger partial charge in [0.15, 0.2) is 5.75 Å². The molecule has 0 saturated carbocycles. The second-order valence-corrected chi connectivity index (χ2v) is 6.18. The Morgan fingerprint density at radius 3 is 2.61 bits per heavy atom. The molecular formula is C19H24N2O2. The summed E-state index contributed by atoms with van der Waals surface area (Å²) in [5.74, 6) is 1.72. The minimum Gasteiger partial charge on any atom is -0.480 e. The number of nitrogens with one attached hydrogen (secondary N) is 1. The molecule has 1 aromatic carbocycles. The molecule has 2 aromatic rings. The van der Waals surface area contributed by atoms with Crippen LogP contribution in [0, 0.1) is 5.92 Å². The van der Waals surface area contributed by atoms with E-state index in [1.807, 2.05) is 32.0 Å². The molecule has 0 bridgehead atoms. The van der Waals surface area contributed by atoms with Gasteiger partial charge in [0, 0.05) is 18.7 Å². The van der Waals surface area contributed by atoms with Crippen LogP contribution >= 0.6 is 0 Å². The first kappa shape index (κ1) is 15.8. The Kier molecular flexibility index (Phi) is 5.13. The highest BCUT2D eigenvalue weighted by Crippen LogP contribution is 2.35. The van der Waals surface area contributed by atoms with Gasteiger partial charge in [-0.2, -0.15) is 0 Å². The third-order valence-electron chi connectivity index (χ3n) is 3.99. The molecule has 0 aliphatic carbocycles. The minimum absolute atomic E-state index is 0.00455. The van der Waals surface area contributed by atoms with E-state index >= 15 is 0 Å². The van der Waals surface area contributed by atoms with Crippen molar-refractivity contribution in [2.24, 2.45) is 5.92 Å². The molecule has 0 radical (unpaired) electrons. The number of rotatable bonds is 6. The summed E-state index contributed by atoms with van der Waals surface area (Å²) in [5, 5.41) is 3.43. The van der Waals surface area contributed by atoms with Gasteiger partial charge in [-0.05, 0) is 44.5 Å². The predicted molar refractivity (Wildman–Crippen MR) is 90.8 cm³/mol. The average molecular weight is 312 g/mol. The van der Waals surface area contributed by atoms with Crippen LogP contribution in [0.2, 0.25) is 0 Å². The number of pyridine rings is 1. The summed E-state index contributed by atoms with van der Waals surface area (Å²) in [5.41, 5.74) is 1.19. The van der Waals surface area contributed by atoms with Crippen LogP contribution in [0.1, 0.15) is 31.9 Å². The van der Waals surface area contributed by atoms with Crippen LogP contribution in [0.5, 0.6) is 11.6 Å². The standard InChI is InChI=1S/C19H24N2O2/c1-14(2)22-19-17(9-6-11-21-19)23-18(16-10-12-20-13-16)15-7-4-3-5-8-15/h3-9,11,14,16,18,20H,10,12-13H2,1-2H3/t16-,18?/m0/s1. The lowest BCUT2D eigenvalue weighted by molar-refractivity contribution is 0.130. The van der Waals surface area contributed by atoms with Gasteiger partial charge in [-0.25, -0.2) is 4.98 Å². The molecule has 122 valence electrons. The third-order valence-corrected chi connectivity index (χ3v) is 3.99. The van der Waals surface area contributed by atoms with E-state index < -0.39 is 0 Å². The normalized spacial score (nSPS) is 18.8. The lowest BCUT2D eigenvalue weighted by Gasteiger charge is -2.25. The fourth-order valence-electron chi connectivity index (χ4n) is 2.93. The predicted octanol–water partition coefficient (Wildman–Crippen LogP) is 3.60. The smallest absolute Gasteiger partial charge is 0.257 e. The van der Waals surface area contributed by atoms with Crippen molar-refractivity contribution in [3.63, 3.8) is 0 Å². The van der Waals surface area contributed by atoms with E-state index in [1.165, 1.54) is 5.56 Å². The fraction of sp³-hybridized carbons (Fsp3) is 0.421. The molecule has 4 nitrogen and oxygen atoms in total. The zero-order chi connectivity index (χ0) is 16.1. The molecule has 23 heavy (non-hydrogen) atoms. The summed E-state index contributed by atoms with van der Waals surface area (Å²) >= 11 is 0. The third kappa shape index (κ3) is 4.02. The molecular weight excluding hydrogens is 288 g/mol. The van der Waals surface area contributed by atoms with Crippen LogP contribution in [0.25, 0.3) is 0 Å². The van der Waals surface area contributed by atoms with E-state index in [0.29, 0.717) is 17.5 Å². The molecule has 1 aliphatic heterocycles. The Morgan fingerprint density at radius 2 is 1.91 bits per heavy atom. The first-order valence-electron chi connectivity index (χ1n) is 8.28. The number of nitrogens with zero attached hydrogens (tertiary/aromatic N) is 1. The fourth-order valence-corrected chi connectivity index (χ4v) is 2.93. The van der Waals surface area contributed by atoms with Crippen molar-refractivity contribution in [3.8, 4) is 11.6 Å². The van der Waals surface area contributed by atoms with Crippen LogP contribution in [-0.4, -0.2) is 24.2 Å². The number of hydrogen-bond acceptors (Lipinski definition) is 4. The zero-order valence-electron chi connectivity index (χ0n) is 13.7. The lowest BCUT2D eigenvalue weighted by atomic mass is 9.95. The summed E-state index contributed by atoms with van der Waals surface area (Å²) in [4.78, 5) is 4.33. The highest BCUT2D eigenvalue weighted by atomic mass is 16.5. The van der Waals surface area contributed by atoms with Crippen LogP contribution in [-0.2, 0) is 0 Å². The Balaban J connectivity index is 1.87. The molecule has 1 fully saturated rings. The topological polar surface area (TPSA) is 43.4 Å². The van der Waals surface area contributed by atoms with Gasteiger partial charge >= 0.3 is 0 Å². The SMILES string of the molecule is CC(C)Oc1ncccc1OC(c1ccccc1)[C@H]1CCNC1. The highest BCUT2D eigenvalue weighted by molar-refractivity contribution is 5.34. The maximum atomic E-state index is 6.39. The molecule has 1 N–H and O–H groups in total. The summed E-state index contributed by atoms with van der Waals surface area (Å²) in [7, 11) is 0. The van der Waals surface area contributed by atoms with E-state index in [4.69, 9.17) is 9.47 Å². The van der Waals surface area contributed by atoms with Gasteiger partial charge in [0.05, 0.1) is 6.10 Å². The molecule has 1 unspecified atom stereocenters. The van der Waals surface area contributed by atoms with Gasteiger partial charge < -0.3 is 14.8 Å². The summed E-state index contributed by atoms with van der Waals surface area (Å²) in [6.07, 6.45) is 2.92. The summed E-state index contributed by atoms with van der Waals surface area (Å²) in [6, 6.07) is 14.2. The zero-order valence-corrected chi connectivity index (χ0v) is 13.7. The quantitative estimate of drug-likeness (QED) is 0.885. The number of hydrogen-bond donors (Lipinski definition) is 1. The monoisotopic (exact) mass is 312 g/mol. The second-order valence-electron chi connectivity index (χ2n) is 6.18. The van der Waals surface area contributed by atoms with Crippen LogP contribution in [0.3, 0.4) is 0 Å². The van der Waals surface area contributed by atoms with Crippen molar-refractivity contribution < 1.29 is 9.47 Å². The van der Waals surface area contributed by atoms with Crippen molar-refractivity contribution in [2.45, 2.75) is 32.5 Å². The van der Waals surface area contributed by atoms with Crippen molar-refractivity contribution in [1.82, 2.24) is 10.3 Å². The van der Waals surface area contributed by atoms with Crippen molar-refractivity contribution >= 4 is 0 Å². The van der Waals surface area contributed by atoms with Crippen molar-refractivity contribution in [3.05, 3.63) is 54.2 Å². The molecule has 2 heterocycles. The van der Waals surface area contributed by atoms with E-state index in [-0.39, 0.29) is 12.2 Å². The first-order valence-corrected chi connectivity index (χ1v) is 8.28. The highest BCUT2D eigenvalue weighted by Gasteiger charge is 2.29. The lowest BCUT2D eigenvalue weighted by Crippen LogP contribution is -2.22. The molecule has 1 aliphatic rings. The minimum atomic E-state index is 0.00455. The molecule has 0 spiro atoms. The van der Waals surface area contributed by atoms with Crippen molar-refractivity contribution in [2.75, 3.05) is 13.1 Å². The molecule has 2 atom stereocenters. The Morgan fingerprint density at radius 1 is 1.09 bits per heavy atom. The van der Waals surface area contributed by atoms with Gasteiger partial charge in [-0.15, -0.1) is 0 Å². The molecule has 4 heteroatoms. The van der Waals surface area contributed by atoms with Crippen LogP contribution in [0.15, 0.2) is 48.7 Å².